The van der Waals surface area contributed by atoms with Crippen molar-refractivity contribution >= 4 is 17.6 Å². The lowest BCUT2D eigenvalue weighted by Crippen LogP contribution is -2.07. The number of nitro benzene ring substituents is 1. The minimum absolute atomic E-state index is 0.0809. The topological polar surface area (TPSA) is 132 Å². The van der Waals surface area contributed by atoms with Gasteiger partial charge in [0.1, 0.15) is 11.3 Å². The Balaban J connectivity index is 2.22. The van der Waals surface area contributed by atoms with Crippen molar-refractivity contribution in [1.29, 1.82) is 0 Å². The maximum Gasteiger partial charge on any atom is 0.339 e. The van der Waals surface area contributed by atoms with Crippen LogP contribution in [0.5, 0.6) is 5.75 Å². The molecule has 0 saturated carbocycles. The maximum atomic E-state index is 12.4. The lowest BCUT2D eigenvalue weighted by Gasteiger charge is -2.13. The van der Waals surface area contributed by atoms with Gasteiger partial charge in [-0.05, 0) is 49.7 Å². The molecule has 0 unspecified atom stereocenters. The number of carboxylic acids is 1. The molecule has 154 valence electrons. The van der Waals surface area contributed by atoms with Crippen LogP contribution < -0.4 is 0 Å². The van der Waals surface area contributed by atoms with Crippen LogP contribution in [0, 0.1) is 17.0 Å². The van der Waals surface area contributed by atoms with Crippen LogP contribution in [0.1, 0.15) is 33.3 Å². The summed E-state index contributed by atoms with van der Waals surface area (Å²) < 4.78 is 6.76. The molecule has 2 aromatic carbocycles. The molecule has 2 N–H and O–H groups in total. The molecule has 0 aliphatic carbocycles. The molecular weight excluding hydrogens is 392 g/mol. The Labute approximate surface area is 170 Å². The van der Waals surface area contributed by atoms with Gasteiger partial charge in [-0.1, -0.05) is 0 Å². The van der Waals surface area contributed by atoms with Gasteiger partial charge in [-0.15, -0.1) is 0 Å². The largest absolute Gasteiger partial charge is 0.507 e. The van der Waals surface area contributed by atoms with Gasteiger partial charge in [-0.25, -0.2) is 9.59 Å². The number of nitro groups is 1. The summed E-state index contributed by atoms with van der Waals surface area (Å²) in [6.45, 7) is 3.55. The first-order valence-corrected chi connectivity index (χ1v) is 8.95. The molecule has 3 rings (SSSR count). The number of carbonyl (C=O) groups excluding carboxylic acids is 1. The fourth-order valence-corrected chi connectivity index (χ4v) is 3.16. The standard InChI is InChI=1S/C21H18N2O7/c1-3-30-21(27)17-11-18(13-4-6-14(7-5-13)23(28)29)22(12(17)2)15-8-9-16(20(25)26)19(24)10-15/h4-11,24H,3H2,1-2H3,(H,25,26). The summed E-state index contributed by atoms with van der Waals surface area (Å²) in [6.07, 6.45) is 0. The number of nitrogens with zero attached hydrogens (tertiary/aromatic N) is 2. The third kappa shape index (κ3) is 3.72. The number of hydrogen-bond acceptors (Lipinski definition) is 6. The SMILES string of the molecule is CCOC(=O)c1cc(-c2ccc([N+](=O)[O-])cc2)n(-c2ccc(C(=O)O)c(O)c2)c1C. The molecule has 1 aromatic heterocycles. The first-order valence-electron chi connectivity index (χ1n) is 8.95. The Hall–Kier alpha value is -4.14. The average molecular weight is 410 g/mol. The number of hydrogen-bond donors (Lipinski definition) is 2. The highest BCUT2D eigenvalue weighted by atomic mass is 16.6. The monoisotopic (exact) mass is 410 g/mol. The minimum atomic E-state index is -1.27. The second kappa shape index (κ2) is 8.08. The Morgan fingerprint density at radius 3 is 2.30 bits per heavy atom. The molecule has 0 bridgehead atoms. The normalized spacial score (nSPS) is 10.6. The summed E-state index contributed by atoms with van der Waals surface area (Å²) in [6, 6.07) is 11.4. The number of ether oxygens (including phenoxy) is 1. The quantitative estimate of drug-likeness (QED) is 0.357. The van der Waals surface area contributed by atoms with Crippen LogP contribution in [0.2, 0.25) is 0 Å². The van der Waals surface area contributed by atoms with E-state index in [1.807, 2.05) is 0 Å². The Kier molecular flexibility index (Phi) is 5.54. The van der Waals surface area contributed by atoms with Gasteiger partial charge in [-0.3, -0.25) is 10.1 Å². The number of non-ortho nitro benzene ring substituents is 1. The van der Waals surface area contributed by atoms with Crippen LogP contribution in [0.4, 0.5) is 5.69 Å². The highest BCUT2D eigenvalue weighted by molar-refractivity contribution is 5.94. The molecular formula is C21H18N2O7. The molecule has 0 spiro atoms. The van der Waals surface area contributed by atoms with Gasteiger partial charge in [0, 0.05) is 29.6 Å². The molecule has 0 aliphatic rings. The second-order valence-corrected chi connectivity index (χ2v) is 6.40. The number of phenols is 1. The summed E-state index contributed by atoms with van der Waals surface area (Å²) in [5, 5.41) is 30.2. The van der Waals surface area contributed by atoms with Crippen LogP contribution in [0.3, 0.4) is 0 Å². The fraction of sp³-hybridized carbons (Fsp3) is 0.143. The third-order valence-corrected chi connectivity index (χ3v) is 4.59. The molecule has 1 heterocycles. The van der Waals surface area contributed by atoms with E-state index in [1.54, 1.807) is 36.6 Å². The highest BCUT2D eigenvalue weighted by Crippen LogP contribution is 2.33. The van der Waals surface area contributed by atoms with Gasteiger partial charge < -0.3 is 19.5 Å². The van der Waals surface area contributed by atoms with E-state index < -0.39 is 22.6 Å². The van der Waals surface area contributed by atoms with Gasteiger partial charge in [0.2, 0.25) is 0 Å². The van der Waals surface area contributed by atoms with Crippen molar-refractivity contribution in [2.45, 2.75) is 13.8 Å². The predicted molar refractivity (Wildman–Crippen MR) is 107 cm³/mol. The molecule has 0 amide bonds. The first kappa shape index (κ1) is 20.6. The predicted octanol–water partition coefficient (Wildman–Crippen LogP) is 3.94. The molecule has 3 aromatic rings. The van der Waals surface area contributed by atoms with Crippen LogP contribution in [-0.4, -0.2) is 38.2 Å². The smallest absolute Gasteiger partial charge is 0.339 e. The van der Waals surface area contributed by atoms with E-state index >= 15 is 0 Å². The van der Waals surface area contributed by atoms with Crippen molar-refractivity contribution < 1.29 is 29.5 Å². The van der Waals surface area contributed by atoms with Crippen LogP contribution >= 0.6 is 0 Å². The highest BCUT2D eigenvalue weighted by Gasteiger charge is 2.22. The van der Waals surface area contributed by atoms with Crippen molar-refractivity contribution in [3.05, 3.63) is 75.5 Å². The summed E-state index contributed by atoms with van der Waals surface area (Å²) in [7, 11) is 0. The summed E-state index contributed by atoms with van der Waals surface area (Å²) in [5.74, 6) is -2.24. The van der Waals surface area contributed by atoms with E-state index in [-0.39, 0.29) is 23.4 Å². The zero-order chi connectivity index (χ0) is 22.0. The van der Waals surface area contributed by atoms with E-state index in [0.29, 0.717) is 22.6 Å². The van der Waals surface area contributed by atoms with Gasteiger partial charge in [0.25, 0.3) is 5.69 Å². The molecule has 0 radical (unpaired) electrons. The molecule has 30 heavy (non-hydrogen) atoms. The third-order valence-electron chi connectivity index (χ3n) is 4.59. The van der Waals surface area contributed by atoms with E-state index in [1.165, 1.54) is 30.3 Å². The maximum absolute atomic E-state index is 12.4. The second-order valence-electron chi connectivity index (χ2n) is 6.40. The number of benzene rings is 2. The fourth-order valence-electron chi connectivity index (χ4n) is 3.16. The summed E-state index contributed by atoms with van der Waals surface area (Å²) >= 11 is 0. The van der Waals surface area contributed by atoms with E-state index in [9.17, 15) is 24.8 Å². The Morgan fingerprint density at radius 1 is 1.10 bits per heavy atom. The van der Waals surface area contributed by atoms with Gasteiger partial charge in [0.05, 0.1) is 22.8 Å². The zero-order valence-electron chi connectivity index (χ0n) is 16.2. The van der Waals surface area contributed by atoms with Crippen molar-refractivity contribution in [3.63, 3.8) is 0 Å². The minimum Gasteiger partial charge on any atom is -0.507 e. The van der Waals surface area contributed by atoms with Crippen LogP contribution in [0.15, 0.2) is 48.5 Å². The van der Waals surface area contributed by atoms with Gasteiger partial charge >= 0.3 is 11.9 Å². The zero-order valence-corrected chi connectivity index (χ0v) is 16.2. The van der Waals surface area contributed by atoms with Crippen LogP contribution in [-0.2, 0) is 4.74 Å². The van der Waals surface area contributed by atoms with E-state index in [4.69, 9.17) is 9.84 Å². The number of carboxylic acid groups (broad SMARTS) is 1. The molecule has 0 aliphatic heterocycles. The number of carbonyl (C=O) groups is 2. The van der Waals surface area contributed by atoms with Gasteiger partial charge in [-0.2, -0.15) is 0 Å². The molecule has 0 fully saturated rings. The number of rotatable bonds is 6. The van der Waals surface area contributed by atoms with Crippen molar-refractivity contribution in [2.75, 3.05) is 6.61 Å². The number of aromatic hydroxyl groups is 1. The first-order chi connectivity index (χ1) is 14.2. The molecule has 9 nitrogen and oxygen atoms in total. The molecule has 0 saturated heterocycles. The number of aromatic nitrogens is 1. The van der Waals surface area contributed by atoms with Crippen molar-refractivity contribution in [3.8, 4) is 22.7 Å². The Morgan fingerprint density at radius 2 is 1.77 bits per heavy atom. The Bertz CT molecular complexity index is 1150. The van der Waals surface area contributed by atoms with Crippen molar-refractivity contribution in [1.82, 2.24) is 4.57 Å². The van der Waals surface area contributed by atoms with E-state index in [2.05, 4.69) is 0 Å². The lowest BCUT2D eigenvalue weighted by molar-refractivity contribution is -0.384. The average Bonchev–Trinajstić information content (AvgIpc) is 3.05. The number of aromatic carboxylic acids is 1. The van der Waals surface area contributed by atoms with E-state index in [0.717, 1.165) is 0 Å². The summed E-state index contributed by atoms with van der Waals surface area (Å²) in [4.78, 5) is 34.0. The summed E-state index contributed by atoms with van der Waals surface area (Å²) in [5.41, 5.74) is 1.97. The van der Waals surface area contributed by atoms with Crippen molar-refractivity contribution in [2.24, 2.45) is 0 Å². The van der Waals surface area contributed by atoms with Crippen LogP contribution in [0.25, 0.3) is 16.9 Å². The molecule has 9 heteroatoms. The van der Waals surface area contributed by atoms with Gasteiger partial charge in [0.15, 0.2) is 0 Å². The number of esters is 1. The lowest BCUT2D eigenvalue weighted by atomic mass is 10.1. The molecule has 0 atom stereocenters.